The molecule has 0 aromatic carbocycles. The molecule has 1 aromatic rings. The first kappa shape index (κ1) is 7.28. The van der Waals surface area contributed by atoms with Gasteiger partial charge in [0.25, 0.3) is 0 Å². The maximum absolute atomic E-state index is 5.45. The summed E-state index contributed by atoms with van der Waals surface area (Å²) in [5.74, 6) is 0. The highest BCUT2D eigenvalue weighted by atomic mass is 32.1. The van der Waals surface area contributed by atoms with Gasteiger partial charge < -0.3 is 5.73 Å². The number of nitrogens with two attached hydrogens (primary N) is 1. The van der Waals surface area contributed by atoms with Gasteiger partial charge in [0.05, 0.1) is 0 Å². The van der Waals surface area contributed by atoms with Crippen molar-refractivity contribution in [3.63, 3.8) is 0 Å². The molecule has 0 spiro atoms. The molecular weight excluding hydrogens is 144 g/mol. The van der Waals surface area contributed by atoms with Gasteiger partial charge >= 0.3 is 0 Å². The maximum Gasteiger partial charge on any atom is 0.174 e. The van der Waals surface area contributed by atoms with E-state index >= 15 is 0 Å². The van der Waals surface area contributed by atoms with Crippen LogP contribution in [0.1, 0.15) is 11.4 Å². The highest BCUT2D eigenvalue weighted by Crippen LogP contribution is 2.04. The Kier molecular flexibility index (Phi) is 1.76. The molecule has 2 N–H and O–H groups in total. The molecule has 0 radical (unpaired) electrons. The predicted molar refractivity (Wildman–Crippen MR) is 46.1 cm³/mol. The van der Waals surface area contributed by atoms with Gasteiger partial charge in [0, 0.05) is 11.4 Å². The largest absolute Gasteiger partial charge is 0.376 e. The first-order valence-corrected chi connectivity index (χ1v) is 3.48. The van der Waals surface area contributed by atoms with Crippen molar-refractivity contribution in [1.82, 2.24) is 4.57 Å². The van der Waals surface area contributed by atoms with E-state index in [0.717, 1.165) is 11.4 Å². The number of nitrogens with zero attached hydrogens (tertiary/aromatic N) is 1. The molecule has 3 heteroatoms. The van der Waals surface area contributed by atoms with Gasteiger partial charge in [-0.2, -0.15) is 0 Å². The lowest BCUT2D eigenvalue weighted by Gasteiger charge is -2.04. The van der Waals surface area contributed by atoms with E-state index in [2.05, 4.69) is 0 Å². The van der Waals surface area contributed by atoms with Crippen molar-refractivity contribution in [3.05, 3.63) is 23.5 Å². The third-order valence-electron chi connectivity index (χ3n) is 1.49. The van der Waals surface area contributed by atoms with Crippen LogP contribution in [0.25, 0.3) is 0 Å². The van der Waals surface area contributed by atoms with Gasteiger partial charge in [0.15, 0.2) is 5.11 Å². The van der Waals surface area contributed by atoms with Crippen molar-refractivity contribution in [3.8, 4) is 0 Å². The van der Waals surface area contributed by atoms with E-state index in [9.17, 15) is 0 Å². The Morgan fingerprint density at radius 2 is 1.80 bits per heavy atom. The van der Waals surface area contributed by atoms with Crippen molar-refractivity contribution < 1.29 is 0 Å². The molecule has 54 valence electrons. The molecule has 10 heavy (non-hydrogen) atoms. The average Bonchev–Trinajstić information content (AvgIpc) is 2.11. The molecule has 0 unspecified atom stereocenters. The van der Waals surface area contributed by atoms with Crippen LogP contribution >= 0.6 is 12.2 Å². The lowest BCUT2D eigenvalue weighted by Crippen LogP contribution is -2.21. The van der Waals surface area contributed by atoms with Crippen molar-refractivity contribution in [2.24, 2.45) is 5.73 Å². The fourth-order valence-electron chi connectivity index (χ4n) is 1.02. The lowest BCUT2D eigenvalue weighted by molar-refractivity contribution is 1.03. The average molecular weight is 154 g/mol. The van der Waals surface area contributed by atoms with Crippen LogP contribution in [0.3, 0.4) is 0 Å². The second-order valence-electron chi connectivity index (χ2n) is 2.29. The molecule has 0 bridgehead atoms. The lowest BCUT2D eigenvalue weighted by atomic mass is 10.5. The van der Waals surface area contributed by atoms with Gasteiger partial charge in [-0.25, -0.2) is 0 Å². The summed E-state index contributed by atoms with van der Waals surface area (Å²) in [6.45, 7) is 3.96. The third-order valence-corrected chi connectivity index (χ3v) is 1.67. The van der Waals surface area contributed by atoms with Gasteiger partial charge in [-0.3, -0.25) is 4.57 Å². The zero-order chi connectivity index (χ0) is 7.72. The SMILES string of the molecule is Cc1ccc(C)n1C(N)=S. The Labute approximate surface area is 65.6 Å². The molecule has 0 aliphatic carbocycles. The molecule has 2 nitrogen and oxygen atoms in total. The first-order valence-electron chi connectivity index (χ1n) is 3.07. The Balaban J connectivity index is 3.23. The molecule has 0 amide bonds. The monoisotopic (exact) mass is 154 g/mol. The summed E-state index contributed by atoms with van der Waals surface area (Å²) in [6, 6.07) is 3.99. The predicted octanol–water partition coefficient (Wildman–Crippen LogP) is 1.20. The van der Waals surface area contributed by atoms with Crippen LogP contribution in [-0.4, -0.2) is 9.68 Å². The van der Waals surface area contributed by atoms with Crippen LogP contribution < -0.4 is 5.73 Å². The molecule has 1 heterocycles. The first-order chi connectivity index (χ1) is 4.63. The molecule has 0 atom stereocenters. The summed E-state index contributed by atoms with van der Waals surface area (Å²) < 4.78 is 1.84. The summed E-state index contributed by atoms with van der Waals surface area (Å²) in [7, 11) is 0. The van der Waals surface area contributed by atoms with Crippen molar-refractivity contribution in [2.75, 3.05) is 0 Å². The highest BCUT2D eigenvalue weighted by molar-refractivity contribution is 7.80. The minimum absolute atomic E-state index is 0.417. The summed E-state index contributed by atoms with van der Waals surface area (Å²) in [6.07, 6.45) is 0. The van der Waals surface area contributed by atoms with Crippen molar-refractivity contribution in [2.45, 2.75) is 13.8 Å². The van der Waals surface area contributed by atoms with Gasteiger partial charge in [0.2, 0.25) is 0 Å². The van der Waals surface area contributed by atoms with E-state index in [4.69, 9.17) is 18.0 Å². The van der Waals surface area contributed by atoms with E-state index in [-0.39, 0.29) is 0 Å². The van der Waals surface area contributed by atoms with Crippen LogP contribution in [-0.2, 0) is 0 Å². The van der Waals surface area contributed by atoms with Crippen molar-refractivity contribution >= 4 is 17.3 Å². The van der Waals surface area contributed by atoms with E-state index in [1.165, 1.54) is 0 Å². The molecular formula is C7H10N2S. The number of hydrogen-bond acceptors (Lipinski definition) is 1. The Hall–Kier alpha value is -0.830. The summed E-state index contributed by atoms with van der Waals surface area (Å²) in [5, 5.41) is 0.417. The molecule has 0 saturated carbocycles. The standard InChI is InChI=1S/C7H10N2S/c1-5-3-4-6(2)9(5)7(8)10/h3-4H,1-2H3,(H2,8,10). The van der Waals surface area contributed by atoms with Gasteiger partial charge in [-0.15, -0.1) is 0 Å². The second-order valence-corrected chi connectivity index (χ2v) is 2.71. The van der Waals surface area contributed by atoms with Gasteiger partial charge in [-0.05, 0) is 38.2 Å². The topological polar surface area (TPSA) is 30.9 Å². The van der Waals surface area contributed by atoms with Crippen LogP contribution in [0, 0.1) is 13.8 Å². The van der Waals surface area contributed by atoms with Gasteiger partial charge in [0.1, 0.15) is 0 Å². The zero-order valence-corrected chi connectivity index (χ0v) is 6.90. The Morgan fingerprint density at radius 1 is 1.40 bits per heavy atom. The van der Waals surface area contributed by atoms with E-state index < -0.39 is 0 Å². The Morgan fingerprint density at radius 3 is 2.00 bits per heavy atom. The van der Waals surface area contributed by atoms with E-state index in [1.807, 2.05) is 30.5 Å². The zero-order valence-electron chi connectivity index (χ0n) is 6.09. The van der Waals surface area contributed by atoms with Crippen LogP contribution in [0.4, 0.5) is 0 Å². The smallest absolute Gasteiger partial charge is 0.174 e. The molecule has 0 aliphatic rings. The van der Waals surface area contributed by atoms with Crippen LogP contribution in [0.2, 0.25) is 0 Å². The van der Waals surface area contributed by atoms with Crippen LogP contribution in [0.15, 0.2) is 12.1 Å². The summed E-state index contributed by atoms with van der Waals surface area (Å²) >= 11 is 4.83. The van der Waals surface area contributed by atoms with Crippen LogP contribution in [0.5, 0.6) is 0 Å². The fraction of sp³-hybridized carbons (Fsp3) is 0.286. The quantitative estimate of drug-likeness (QED) is 0.569. The normalized spacial score (nSPS) is 9.80. The molecule has 0 fully saturated rings. The minimum Gasteiger partial charge on any atom is -0.376 e. The number of aryl methyl sites for hydroxylation is 2. The fourth-order valence-corrected chi connectivity index (χ4v) is 1.30. The van der Waals surface area contributed by atoms with Gasteiger partial charge in [-0.1, -0.05) is 0 Å². The summed E-state index contributed by atoms with van der Waals surface area (Å²) in [5.41, 5.74) is 7.63. The minimum atomic E-state index is 0.417. The second kappa shape index (κ2) is 2.42. The number of hydrogen-bond donors (Lipinski definition) is 1. The van der Waals surface area contributed by atoms with Crippen molar-refractivity contribution in [1.29, 1.82) is 0 Å². The van der Waals surface area contributed by atoms with E-state index in [0.29, 0.717) is 5.11 Å². The third kappa shape index (κ3) is 1.04. The number of rotatable bonds is 0. The Bertz CT molecular complexity index is 243. The molecule has 1 rings (SSSR count). The molecule has 1 aromatic heterocycles. The molecule has 0 aliphatic heterocycles. The highest BCUT2D eigenvalue weighted by Gasteiger charge is 2.00. The number of aromatic nitrogens is 1. The number of thiocarbonyl (C=S) groups is 1. The van der Waals surface area contributed by atoms with E-state index in [1.54, 1.807) is 0 Å². The maximum atomic E-state index is 5.45. The summed E-state index contributed by atoms with van der Waals surface area (Å²) in [4.78, 5) is 0. The molecule has 0 saturated heterocycles.